The van der Waals surface area contributed by atoms with Crippen LogP contribution in [0, 0.1) is 0 Å². The molecule has 1 unspecified atom stereocenters. The van der Waals surface area contributed by atoms with E-state index in [0.29, 0.717) is 12.8 Å². The lowest BCUT2D eigenvalue weighted by molar-refractivity contribution is -0.142. The van der Waals surface area contributed by atoms with Gasteiger partial charge in [0, 0.05) is 0 Å². The van der Waals surface area contributed by atoms with Crippen molar-refractivity contribution in [3.63, 3.8) is 0 Å². The van der Waals surface area contributed by atoms with Gasteiger partial charge in [0.05, 0.1) is 6.04 Å². The number of aliphatic carboxylic acids is 1. The van der Waals surface area contributed by atoms with Crippen molar-refractivity contribution >= 4 is 12.1 Å². The third-order valence-corrected chi connectivity index (χ3v) is 2.59. The molecule has 0 bridgehead atoms. The highest BCUT2D eigenvalue weighted by atomic mass is 16.6. The number of carbonyl (C=O) groups excluding carboxylic acids is 1. The van der Waals surface area contributed by atoms with Gasteiger partial charge in [0.15, 0.2) is 0 Å². The highest BCUT2D eigenvalue weighted by Crippen LogP contribution is 2.27. The molecule has 1 aliphatic heterocycles. The predicted molar refractivity (Wildman–Crippen MR) is 62.7 cm³/mol. The van der Waals surface area contributed by atoms with E-state index in [0.717, 1.165) is 0 Å². The molecular formula is C12H19NO4. The summed E-state index contributed by atoms with van der Waals surface area (Å²) in [5.41, 5.74) is -0.631. The Bertz CT molecular complexity index is 332. The second-order valence-corrected chi connectivity index (χ2v) is 5.12. The molecule has 0 aromatic carbocycles. The largest absolute Gasteiger partial charge is 0.480 e. The van der Waals surface area contributed by atoms with E-state index in [1.54, 1.807) is 26.8 Å². The number of rotatable bonds is 2. The number of likely N-dealkylation sites (tertiary alicyclic amines) is 1. The van der Waals surface area contributed by atoms with Crippen LogP contribution >= 0.6 is 0 Å². The lowest BCUT2D eigenvalue weighted by atomic mass is 10.2. The summed E-state index contributed by atoms with van der Waals surface area (Å²) in [7, 11) is 0. The second kappa shape index (κ2) is 4.77. The Morgan fingerprint density at radius 2 is 2.00 bits per heavy atom. The molecule has 0 aromatic heterocycles. The van der Waals surface area contributed by atoms with Gasteiger partial charge in [-0.25, -0.2) is 9.59 Å². The van der Waals surface area contributed by atoms with E-state index < -0.39 is 23.7 Å². The Hall–Kier alpha value is -1.52. The lowest BCUT2D eigenvalue weighted by Crippen LogP contribution is -2.46. The molecule has 17 heavy (non-hydrogen) atoms. The van der Waals surface area contributed by atoms with Crippen LogP contribution in [0.5, 0.6) is 0 Å². The summed E-state index contributed by atoms with van der Waals surface area (Å²) in [5.74, 6) is -1.000. The molecule has 5 heteroatoms. The first-order chi connectivity index (χ1) is 7.76. The van der Waals surface area contributed by atoms with E-state index in [1.807, 2.05) is 0 Å². The smallest absolute Gasteiger partial charge is 0.411 e. The Balaban J connectivity index is 2.85. The molecule has 0 saturated carbocycles. The van der Waals surface area contributed by atoms with E-state index in [2.05, 4.69) is 6.58 Å². The summed E-state index contributed by atoms with van der Waals surface area (Å²) in [6.07, 6.45) is 2.05. The van der Waals surface area contributed by atoms with Gasteiger partial charge in [0.25, 0.3) is 0 Å². The van der Waals surface area contributed by atoms with E-state index in [1.165, 1.54) is 4.90 Å². The normalized spacial score (nSPS) is 24.5. The molecule has 96 valence electrons. The Kier molecular flexibility index (Phi) is 3.80. The van der Waals surface area contributed by atoms with Crippen LogP contribution in [0.3, 0.4) is 0 Å². The summed E-state index contributed by atoms with van der Waals surface area (Å²) >= 11 is 0. The zero-order chi connectivity index (χ0) is 13.2. The summed E-state index contributed by atoms with van der Waals surface area (Å²) in [6.45, 7) is 8.87. The van der Waals surface area contributed by atoms with Gasteiger partial charge in [-0.15, -0.1) is 6.58 Å². The van der Waals surface area contributed by atoms with E-state index in [-0.39, 0.29) is 6.04 Å². The molecule has 5 nitrogen and oxygen atoms in total. The van der Waals surface area contributed by atoms with Gasteiger partial charge in [-0.05, 0) is 33.6 Å². The fourth-order valence-corrected chi connectivity index (χ4v) is 1.89. The zero-order valence-electron chi connectivity index (χ0n) is 10.5. The van der Waals surface area contributed by atoms with Crippen LogP contribution in [-0.4, -0.2) is 39.8 Å². The number of nitrogens with zero attached hydrogens (tertiary/aromatic N) is 1. The second-order valence-electron chi connectivity index (χ2n) is 5.12. The highest BCUT2D eigenvalue weighted by Gasteiger charge is 2.41. The predicted octanol–water partition coefficient (Wildman–Crippen LogP) is 2.03. The molecule has 1 saturated heterocycles. The highest BCUT2D eigenvalue weighted by molar-refractivity contribution is 5.81. The van der Waals surface area contributed by atoms with Crippen molar-refractivity contribution in [2.75, 3.05) is 0 Å². The minimum atomic E-state index is -1.000. The number of carboxylic acid groups (broad SMARTS) is 1. The number of carboxylic acids is 1. The Labute approximate surface area is 101 Å². The first-order valence-corrected chi connectivity index (χ1v) is 5.63. The van der Waals surface area contributed by atoms with Crippen LogP contribution in [0.25, 0.3) is 0 Å². The van der Waals surface area contributed by atoms with E-state index >= 15 is 0 Å². The third-order valence-electron chi connectivity index (χ3n) is 2.59. The van der Waals surface area contributed by atoms with E-state index in [4.69, 9.17) is 9.84 Å². The maximum Gasteiger partial charge on any atom is 0.411 e. The molecule has 1 heterocycles. The Morgan fingerprint density at radius 3 is 2.41 bits per heavy atom. The molecule has 0 radical (unpaired) electrons. The molecule has 0 aliphatic carbocycles. The molecular weight excluding hydrogens is 222 g/mol. The van der Waals surface area contributed by atoms with Crippen molar-refractivity contribution in [1.29, 1.82) is 0 Å². The van der Waals surface area contributed by atoms with Gasteiger partial charge in [0.1, 0.15) is 11.6 Å². The monoisotopic (exact) mass is 241 g/mol. The first kappa shape index (κ1) is 13.5. The summed E-state index contributed by atoms with van der Waals surface area (Å²) < 4.78 is 5.21. The van der Waals surface area contributed by atoms with Crippen molar-refractivity contribution < 1.29 is 19.4 Å². The maximum absolute atomic E-state index is 11.9. The van der Waals surface area contributed by atoms with Gasteiger partial charge in [-0.3, -0.25) is 4.90 Å². The van der Waals surface area contributed by atoms with Crippen molar-refractivity contribution in [3.05, 3.63) is 12.7 Å². The molecule has 1 fully saturated rings. The average Bonchev–Trinajstić information content (AvgIpc) is 2.57. The summed E-state index contributed by atoms with van der Waals surface area (Å²) in [5, 5.41) is 9.06. The van der Waals surface area contributed by atoms with Gasteiger partial charge in [-0.2, -0.15) is 0 Å². The van der Waals surface area contributed by atoms with Crippen LogP contribution in [0.2, 0.25) is 0 Å². The average molecular weight is 241 g/mol. The molecule has 1 aliphatic rings. The zero-order valence-corrected chi connectivity index (χ0v) is 10.5. The standard InChI is InChI=1S/C12H19NO4/c1-5-8-6-7-9(10(14)15)13(8)11(16)17-12(2,3)4/h5,8-9H,1,6-7H2,2-4H3,(H,14,15)/t8?,9-/m0/s1. The van der Waals surface area contributed by atoms with Crippen LogP contribution < -0.4 is 0 Å². The van der Waals surface area contributed by atoms with Crippen molar-refractivity contribution in [3.8, 4) is 0 Å². The maximum atomic E-state index is 11.9. The van der Waals surface area contributed by atoms with E-state index in [9.17, 15) is 9.59 Å². The molecule has 2 atom stereocenters. The first-order valence-electron chi connectivity index (χ1n) is 5.63. The van der Waals surface area contributed by atoms with Crippen molar-refractivity contribution in [2.45, 2.75) is 51.3 Å². The van der Waals surface area contributed by atoms with Crippen LogP contribution in [0.1, 0.15) is 33.6 Å². The Morgan fingerprint density at radius 1 is 1.41 bits per heavy atom. The number of ether oxygens (including phenoxy) is 1. The molecule has 1 amide bonds. The summed E-state index contributed by atoms with van der Waals surface area (Å²) in [4.78, 5) is 24.3. The minimum absolute atomic E-state index is 0.258. The van der Waals surface area contributed by atoms with Crippen LogP contribution in [-0.2, 0) is 9.53 Å². The number of hydrogen-bond donors (Lipinski definition) is 1. The van der Waals surface area contributed by atoms with Crippen LogP contribution in [0.15, 0.2) is 12.7 Å². The van der Waals surface area contributed by atoms with Crippen molar-refractivity contribution in [1.82, 2.24) is 4.90 Å². The fraction of sp³-hybridized carbons (Fsp3) is 0.667. The topological polar surface area (TPSA) is 66.8 Å². The lowest BCUT2D eigenvalue weighted by Gasteiger charge is -2.29. The molecule has 1 N–H and O–H groups in total. The third kappa shape index (κ3) is 3.22. The minimum Gasteiger partial charge on any atom is -0.480 e. The van der Waals surface area contributed by atoms with Gasteiger partial charge >= 0.3 is 12.1 Å². The molecule has 0 spiro atoms. The number of hydrogen-bond acceptors (Lipinski definition) is 3. The fourth-order valence-electron chi connectivity index (χ4n) is 1.89. The van der Waals surface area contributed by atoms with Gasteiger partial charge in [0.2, 0.25) is 0 Å². The van der Waals surface area contributed by atoms with Gasteiger partial charge in [-0.1, -0.05) is 6.08 Å². The quantitative estimate of drug-likeness (QED) is 0.751. The van der Waals surface area contributed by atoms with Crippen molar-refractivity contribution in [2.24, 2.45) is 0 Å². The van der Waals surface area contributed by atoms with Gasteiger partial charge < -0.3 is 9.84 Å². The molecule has 0 aromatic rings. The SMILES string of the molecule is C=CC1CC[C@@H](C(=O)O)N1C(=O)OC(C)(C)C. The molecule has 1 rings (SSSR count). The van der Waals surface area contributed by atoms with Crippen LogP contribution in [0.4, 0.5) is 4.79 Å². The number of carbonyl (C=O) groups is 2. The number of amides is 1. The summed E-state index contributed by atoms with van der Waals surface area (Å²) in [6, 6.07) is -1.07.